The van der Waals surface area contributed by atoms with E-state index in [4.69, 9.17) is 4.98 Å². The van der Waals surface area contributed by atoms with Crippen molar-refractivity contribution in [3.05, 3.63) is 167 Å². The minimum atomic E-state index is -0.263. The highest BCUT2D eigenvalue weighted by Gasteiger charge is 2.50. The predicted octanol–water partition coefficient (Wildman–Crippen LogP) is 16.9. The molecule has 1 aliphatic carbocycles. The van der Waals surface area contributed by atoms with Gasteiger partial charge >= 0.3 is 6.85 Å². The monoisotopic (exact) mass is 941 g/mol. The van der Waals surface area contributed by atoms with Gasteiger partial charge in [-0.1, -0.05) is 155 Å². The molecule has 0 unspecified atom stereocenters. The summed E-state index contributed by atoms with van der Waals surface area (Å²) in [6, 6.07) is 54.3. The molecule has 3 aromatic heterocycles. The molecule has 0 saturated carbocycles. The summed E-state index contributed by atoms with van der Waals surface area (Å²) in [4.78, 5) is 8.19. The minimum absolute atomic E-state index is 0.0178. The van der Waals surface area contributed by atoms with Gasteiger partial charge in [-0.15, -0.1) is 22.7 Å². The molecule has 3 nitrogen and oxygen atoms in total. The van der Waals surface area contributed by atoms with E-state index in [1.165, 1.54) is 125 Å². The normalized spacial score (nSPS) is 14.8. The van der Waals surface area contributed by atoms with Gasteiger partial charge in [-0.2, -0.15) is 0 Å². The molecule has 2 aliphatic heterocycles. The average molecular weight is 942 g/mol. The van der Waals surface area contributed by atoms with Crippen molar-refractivity contribution in [3.8, 4) is 38.5 Å². The smallest absolute Gasteiger partial charge is 0.333 e. The van der Waals surface area contributed by atoms with Crippen LogP contribution in [0.1, 0.15) is 104 Å². The van der Waals surface area contributed by atoms with Crippen LogP contribution in [0.3, 0.4) is 0 Å². The van der Waals surface area contributed by atoms with Gasteiger partial charge in [0, 0.05) is 64.5 Å². The van der Waals surface area contributed by atoms with Gasteiger partial charge in [0.25, 0.3) is 0 Å². The number of hydrogen-bond donors (Lipinski definition) is 0. The Kier molecular flexibility index (Phi) is 8.42. The van der Waals surface area contributed by atoms with Crippen molar-refractivity contribution < 1.29 is 0 Å². The van der Waals surface area contributed by atoms with E-state index < -0.39 is 0 Å². The van der Waals surface area contributed by atoms with Gasteiger partial charge in [-0.05, 0) is 132 Å². The van der Waals surface area contributed by atoms with Crippen LogP contribution in [0.5, 0.6) is 0 Å². The number of rotatable bonds is 2. The second-order valence-corrected chi connectivity index (χ2v) is 26.1. The molecule has 0 N–H and O–H groups in total. The first-order valence-corrected chi connectivity index (χ1v) is 26.7. The third-order valence-corrected chi connectivity index (χ3v) is 18.4. The van der Waals surface area contributed by atoms with Gasteiger partial charge in [0.2, 0.25) is 0 Å². The molecule has 0 radical (unpaired) electrons. The molecule has 6 heteroatoms. The summed E-state index contributed by atoms with van der Waals surface area (Å²) in [5.74, 6) is 0. The maximum Gasteiger partial charge on any atom is 0.333 e. The number of thiophene rings is 1. The molecule has 0 atom stereocenters. The maximum atomic E-state index is 5.46. The molecule has 11 aromatic rings. The van der Waals surface area contributed by atoms with Crippen molar-refractivity contribution in [1.82, 2.24) is 9.55 Å². The number of fused-ring (bicyclic) bond motifs is 17. The number of benzene rings is 8. The van der Waals surface area contributed by atoms with Crippen molar-refractivity contribution >= 4 is 104 Å². The summed E-state index contributed by atoms with van der Waals surface area (Å²) in [7, 11) is 0. The molecule has 0 amide bonds. The Bertz CT molecular complexity index is 4090. The van der Waals surface area contributed by atoms with Gasteiger partial charge < -0.3 is 9.38 Å². The molecule has 5 heterocycles. The summed E-state index contributed by atoms with van der Waals surface area (Å²) in [5, 5.41) is 6.46. The Morgan fingerprint density at radius 3 is 1.91 bits per heavy atom. The molecule has 3 aliphatic rings. The molecule has 0 fully saturated rings. The number of anilines is 2. The molecule has 0 spiro atoms. The number of hydrogen-bond acceptors (Lipinski definition) is 4. The Morgan fingerprint density at radius 1 is 0.543 bits per heavy atom. The van der Waals surface area contributed by atoms with Gasteiger partial charge in [0.15, 0.2) is 0 Å². The highest BCUT2D eigenvalue weighted by atomic mass is 32.1. The largest absolute Gasteiger partial charge is 0.376 e. The first kappa shape index (κ1) is 42.4. The topological polar surface area (TPSA) is 21.1 Å². The lowest BCUT2D eigenvalue weighted by atomic mass is 9.43. The third-order valence-electron chi connectivity index (χ3n) is 16.2. The van der Waals surface area contributed by atoms with Crippen molar-refractivity contribution in [2.75, 3.05) is 4.81 Å². The lowest BCUT2D eigenvalue weighted by Gasteiger charge is -2.43. The van der Waals surface area contributed by atoms with Crippen LogP contribution in [-0.4, -0.2) is 16.4 Å². The lowest BCUT2D eigenvalue weighted by molar-refractivity contribution is 0.590. The van der Waals surface area contributed by atoms with Crippen molar-refractivity contribution in [2.24, 2.45) is 0 Å². The Morgan fingerprint density at radius 2 is 1.19 bits per heavy atom. The van der Waals surface area contributed by atoms with Crippen LogP contribution in [0, 0.1) is 0 Å². The zero-order chi connectivity index (χ0) is 48.1. The quantitative estimate of drug-likeness (QED) is 0.161. The fourth-order valence-corrected chi connectivity index (χ4v) is 14.7. The first-order valence-electron chi connectivity index (χ1n) is 25.1. The summed E-state index contributed by atoms with van der Waals surface area (Å²) in [6.45, 7) is 25.8. The van der Waals surface area contributed by atoms with E-state index in [9.17, 15) is 0 Å². The van der Waals surface area contributed by atoms with Gasteiger partial charge in [0.1, 0.15) is 5.01 Å². The number of nitrogens with zero attached hydrogens (tertiary/aromatic N) is 3. The Labute approximate surface area is 419 Å². The van der Waals surface area contributed by atoms with E-state index in [-0.39, 0.29) is 28.5 Å². The van der Waals surface area contributed by atoms with Crippen LogP contribution >= 0.6 is 22.7 Å². The van der Waals surface area contributed by atoms with Crippen LogP contribution in [0.15, 0.2) is 140 Å². The van der Waals surface area contributed by atoms with E-state index in [1.54, 1.807) is 11.3 Å². The van der Waals surface area contributed by atoms with Gasteiger partial charge in [-0.3, -0.25) is 0 Å². The lowest BCUT2D eigenvalue weighted by Crippen LogP contribution is -2.60. The standard InChI is InChI=1S/C64H56BN3S2/c1-61(2,3)36-21-25-39(26-22-36)68-49-33-52-42(41-29-38(63(7,8)9)24-28-51(41)69-52)31-44(49)55-54-40-19-15-16-20-45(40)64(10,11)57(54)56-43-30-37(62(4,5)6)23-27-48(43)67-50-34-53-47(32-46(50)65(68)58(55)59(56)67)66-60(70-53)35-17-13-12-14-18-35/h12-34H,1-11H3. The SMILES string of the molecule is CC(C)(C)c1ccc(N2B3c4cc5nc(-c6ccccc6)sc5cc4-n4c5ccc(C(C)(C)C)cc5c5c6c(c(c3c54)-c3cc4c(cc32)sc2ccc(C(C)(C)C)cc24)-c2ccccc2C6(C)C)cc1. The van der Waals surface area contributed by atoms with E-state index >= 15 is 0 Å². The Balaban J connectivity index is 1.21. The zero-order valence-electron chi connectivity index (χ0n) is 42.0. The number of thiazole rings is 1. The van der Waals surface area contributed by atoms with E-state index in [2.05, 4.69) is 225 Å². The highest BCUT2D eigenvalue weighted by Crippen LogP contribution is 2.60. The molecule has 8 aromatic carbocycles. The van der Waals surface area contributed by atoms with E-state index in [0.29, 0.717) is 0 Å². The second-order valence-electron chi connectivity index (χ2n) is 24.0. The molecule has 14 rings (SSSR count). The molecule has 0 bridgehead atoms. The summed E-state index contributed by atoms with van der Waals surface area (Å²) in [6.07, 6.45) is 0. The van der Waals surface area contributed by atoms with Crippen molar-refractivity contribution in [2.45, 2.75) is 97.8 Å². The first-order chi connectivity index (χ1) is 33.4. The van der Waals surface area contributed by atoms with Crippen molar-refractivity contribution in [1.29, 1.82) is 0 Å². The number of aromatic nitrogens is 2. The van der Waals surface area contributed by atoms with Crippen LogP contribution in [0.2, 0.25) is 0 Å². The predicted molar refractivity (Wildman–Crippen MR) is 305 cm³/mol. The zero-order valence-corrected chi connectivity index (χ0v) is 43.6. The van der Waals surface area contributed by atoms with Gasteiger partial charge in [0.05, 0.1) is 21.3 Å². The Hall–Kier alpha value is -6.47. The van der Waals surface area contributed by atoms with Crippen molar-refractivity contribution in [3.63, 3.8) is 0 Å². The summed E-state index contributed by atoms with van der Waals surface area (Å²) < 4.78 is 6.54. The summed E-state index contributed by atoms with van der Waals surface area (Å²) in [5.41, 5.74) is 23.3. The molecular formula is C64H56BN3S2. The maximum absolute atomic E-state index is 5.46. The van der Waals surface area contributed by atoms with E-state index in [0.717, 1.165) is 16.1 Å². The fraction of sp³-hybridized carbons (Fsp3) is 0.234. The molecule has 70 heavy (non-hydrogen) atoms. The average Bonchev–Trinajstić information content (AvgIpc) is 4.07. The minimum Gasteiger partial charge on any atom is -0.376 e. The van der Waals surface area contributed by atoms with Crippen LogP contribution in [0.25, 0.3) is 90.7 Å². The fourth-order valence-electron chi connectivity index (χ4n) is 12.6. The van der Waals surface area contributed by atoms with E-state index in [1.807, 2.05) is 11.3 Å². The highest BCUT2D eigenvalue weighted by molar-refractivity contribution is 7.26. The van der Waals surface area contributed by atoms with Gasteiger partial charge in [-0.25, -0.2) is 4.98 Å². The van der Waals surface area contributed by atoms with Crippen LogP contribution in [-0.2, 0) is 21.7 Å². The molecular weight excluding hydrogens is 886 g/mol. The third kappa shape index (κ3) is 5.72. The van der Waals surface area contributed by atoms with Crippen LogP contribution in [0.4, 0.5) is 11.4 Å². The molecule has 0 saturated heterocycles. The second kappa shape index (κ2) is 13.9. The van der Waals surface area contributed by atoms with Crippen LogP contribution < -0.4 is 15.7 Å². The molecule has 342 valence electrons. The summed E-state index contributed by atoms with van der Waals surface area (Å²) >= 11 is 3.73.